The van der Waals surface area contributed by atoms with E-state index in [1.807, 2.05) is 0 Å². The molecular formula is C14H27NO2. The van der Waals surface area contributed by atoms with Gasteiger partial charge >= 0.3 is 5.97 Å². The highest BCUT2D eigenvalue weighted by atomic mass is 16.4. The maximum absolute atomic E-state index is 11.2. The van der Waals surface area contributed by atoms with Crippen LogP contribution in [0.25, 0.3) is 0 Å². The summed E-state index contributed by atoms with van der Waals surface area (Å²) >= 11 is 0. The Labute approximate surface area is 105 Å². The first-order valence-corrected chi connectivity index (χ1v) is 6.78. The summed E-state index contributed by atoms with van der Waals surface area (Å²) in [4.78, 5) is 11.2. The van der Waals surface area contributed by atoms with E-state index in [9.17, 15) is 9.90 Å². The first-order valence-electron chi connectivity index (χ1n) is 6.78. The van der Waals surface area contributed by atoms with Crippen molar-refractivity contribution in [1.82, 2.24) is 5.32 Å². The van der Waals surface area contributed by atoms with Crippen LogP contribution >= 0.6 is 0 Å². The second-order valence-corrected chi connectivity index (χ2v) is 6.42. The maximum Gasteiger partial charge on any atom is 0.305 e. The Morgan fingerprint density at radius 1 is 1.41 bits per heavy atom. The third kappa shape index (κ3) is 3.44. The lowest BCUT2D eigenvalue weighted by atomic mass is 9.61. The molecule has 17 heavy (non-hydrogen) atoms. The average Bonchev–Trinajstić information content (AvgIpc) is 2.15. The first kappa shape index (κ1) is 14.5. The zero-order valence-electron chi connectivity index (χ0n) is 11.7. The minimum atomic E-state index is -0.679. The Balaban J connectivity index is 2.99. The second kappa shape index (κ2) is 5.38. The molecule has 2 N–H and O–H groups in total. The fraction of sp³-hybridized carbons (Fsp3) is 0.929. The van der Waals surface area contributed by atoms with Gasteiger partial charge in [-0.2, -0.15) is 0 Å². The lowest BCUT2D eigenvalue weighted by molar-refractivity contribution is -0.140. The Kier molecular flexibility index (Phi) is 4.59. The van der Waals surface area contributed by atoms with E-state index in [2.05, 4.69) is 33.0 Å². The summed E-state index contributed by atoms with van der Waals surface area (Å²) in [5, 5.41) is 12.7. The molecule has 3 heteroatoms. The van der Waals surface area contributed by atoms with Crippen LogP contribution in [0.5, 0.6) is 0 Å². The van der Waals surface area contributed by atoms with Gasteiger partial charge in [-0.15, -0.1) is 0 Å². The number of carbonyl (C=O) groups is 1. The SMILES string of the molecule is CCNC1(CC(=O)O)CCCCC1C(C)(C)C. The molecule has 1 aliphatic rings. The van der Waals surface area contributed by atoms with Crippen LogP contribution in [0.3, 0.4) is 0 Å². The summed E-state index contributed by atoms with van der Waals surface area (Å²) < 4.78 is 0. The van der Waals surface area contributed by atoms with Crippen molar-refractivity contribution in [1.29, 1.82) is 0 Å². The fourth-order valence-electron chi connectivity index (χ4n) is 3.61. The van der Waals surface area contributed by atoms with Crippen molar-refractivity contribution in [3.8, 4) is 0 Å². The monoisotopic (exact) mass is 241 g/mol. The number of rotatable bonds is 4. The second-order valence-electron chi connectivity index (χ2n) is 6.42. The van der Waals surface area contributed by atoms with Crippen LogP contribution in [-0.4, -0.2) is 23.2 Å². The Morgan fingerprint density at radius 2 is 2.06 bits per heavy atom. The highest BCUT2D eigenvalue weighted by Crippen LogP contribution is 2.46. The van der Waals surface area contributed by atoms with Crippen LogP contribution in [0.15, 0.2) is 0 Å². The average molecular weight is 241 g/mol. The van der Waals surface area contributed by atoms with Gasteiger partial charge in [-0.3, -0.25) is 4.79 Å². The van der Waals surface area contributed by atoms with Crippen molar-refractivity contribution in [3.63, 3.8) is 0 Å². The molecule has 3 nitrogen and oxygen atoms in total. The number of carboxylic acid groups (broad SMARTS) is 1. The molecule has 2 unspecified atom stereocenters. The van der Waals surface area contributed by atoms with Crippen LogP contribution in [0, 0.1) is 11.3 Å². The summed E-state index contributed by atoms with van der Waals surface area (Å²) in [6.07, 6.45) is 4.77. The largest absolute Gasteiger partial charge is 0.481 e. The standard InChI is InChI=1S/C14H27NO2/c1-5-15-14(10-12(16)17)9-7-6-8-11(14)13(2,3)4/h11,15H,5-10H2,1-4H3,(H,16,17). The van der Waals surface area contributed by atoms with Crippen molar-refractivity contribution in [2.75, 3.05) is 6.54 Å². The lowest BCUT2D eigenvalue weighted by Gasteiger charge is -2.50. The number of hydrogen-bond donors (Lipinski definition) is 2. The zero-order valence-corrected chi connectivity index (χ0v) is 11.7. The van der Waals surface area contributed by atoms with E-state index < -0.39 is 5.97 Å². The Bertz CT molecular complexity index is 266. The van der Waals surface area contributed by atoms with E-state index in [1.165, 1.54) is 6.42 Å². The fourth-order valence-corrected chi connectivity index (χ4v) is 3.61. The molecule has 0 saturated heterocycles. The molecule has 100 valence electrons. The normalized spacial score (nSPS) is 30.2. The maximum atomic E-state index is 11.2. The van der Waals surface area contributed by atoms with Gasteiger partial charge in [-0.1, -0.05) is 40.5 Å². The summed E-state index contributed by atoms with van der Waals surface area (Å²) in [6, 6.07) is 0. The van der Waals surface area contributed by atoms with Gasteiger partial charge in [0.25, 0.3) is 0 Å². The quantitative estimate of drug-likeness (QED) is 0.795. The Morgan fingerprint density at radius 3 is 2.53 bits per heavy atom. The predicted octanol–water partition coefficient (Wildman–Crippen LogP) is 3.05. The van der Waals surface area contributed by atoms with Crippen LogP contribution in [0.2, 0.25) is 0 Å². The van der Waals surface area contributed by atoms with Crippen LogP contribution in [-0.2, 0) is 4.79 Å². The van der Waals surface area contributed by atoms with Gasteiger partial charge in [0, 0.05) is 5.54 Å². The zero-order chi connectivity index (χ0) is 13.1. The van der Waals surface area contributed by atoms with Gasteiger partial charge in [0.2, 0.25) is 0 Å². The van der Waals surface area contributed by atoms with Crippen molar-refractivity contribution in [2.24, 2.45) is 11.3 Å². The summed E-state index contributed by atoms with van der Waals surface area (Å²) in [7, 11) is 0. The molecule has 1 fully saturated rings. The van der Waals surface area contributed by atoms with Crippen molar-refractivity contribution in [3.05, 3.63) is 0 Å². The molecule has 2 atom stereocenters. The minimum Gasteiger partial charge on any atom is -0.481 e. The number of aliphatic carboxylic acids is 1. The third-order valence-corrected chi connectivity index (χ3v) is 4.07. The first-order chi connectivity index (χ1) is 7.82. The summed E-state index contributed by atoms with van der Waals surface area (Å²) in [5.41, 5.74) is -0.0326. The van der Waals surface area contributed by atoms with Gasteiger partial charge in [0.05, 0.1) is 6.42 Å². The lowest BCUT2D eigenvalue weighted by Crippen LogP contribution is -2.57. The molecule has 0 amide bonds. The molecule has 0 aromatic rings. The highest BCUT2D eigenvalue weighted by Gasteiger charge is 2.46. The van der Waals surface area contributed by atoms with Crippen molar-refractivity contribution >= 4 is 5.97 Å². The van der Waals surface area contributed by atoms with Crippen LogP contribution < -0.4 is 5.32 Å². The molecule has 0 bridgehead atoms. The van der Waals surface area contributed by atoms with E-state index in [0.717, 1.165) is 25.8 Å². The van der Waals surface area contributed by atoms with Gasteiger partial charge in [0.1, 0.15) is 0 Å². The minimum absolute atomic E-state index is 0.165. The van der Waals surface area contributed by atoms with E-state index in [0.29, 0.717) is 5.92 Å². The van der Waals surface area contributed by atoms with Gasteiger partial charge < -0.3 is 10.4 Å². The molecule has 0 aromatic heterocycles. The molecule has 0 radical (unpaired) electrons. The molecular weight excluding hydrogens is 214 g/mol. The number of carboxylic acids is 1. The highest BCUT2D eigenvalue weighted by molar-refractivity contribution is 5.68. The molecule has 0 spiro atoms. The van der Waals surface area contributed by atoms with Crippen molar-refractivity contribution < 1.29 is 9.90 Å². The molecule has 1 rings (SSSR count). The topological polar surface area (TPSA) is 49.3 Å². The molecule has 1 saturated carbocycles. The van der Waals surface area contributed by atoms with E-state index >= 15 is 0 Å². The van der Waals surface area contributed by atoms with E-state index in [-0.39, 0.29) is 17.4 Å². The van der Waals surface area contributed by atoms with Gasteiger partial charge in [0.15, 0.2) is 0 Å². The number of nitrogens with one attached hydrogen (secondary N) is 1. The number of hydrogen-bond acceptors (Lipinski definition) is 2. The molecule has 0 aromatic carbocycles. The molecule has 0 aliphatic heterocycles. The van der Waals surface area contributed by atoms with E-state index in [4.69, 9.17) is 0 Å². The summed E-state index contributed by atoms with van der Waals surface area (Å²) in [6.45, 7) is 9.61. The summed E-state index contributed by atoms with van der Waals surface area (Å²) in [5.74, 6) is -0.234. The predicted molar refractivity (Wildman–Crippen MR) is 70.1 cm³/mol. The smallest absolute Gasteiger partial charge is 0.305 e. The van der Waals surface area contributed by atoms with Crippen LogP contribution in [0.4, 0.5) is 0 Å². The van der Waals surface area contributed by atoms with E-state index in [1.54, 1.807) is 0 Å². The van der Waals surface area contributed by atoms with Crippen molar-refractivity contribution in [2.45, 2.75) is 65.3 Å². The molecule has 1 aliphatic carbocycles. The Hall–Kier alpha value is -0.570. The van der Waals surface area contributed by atoms with Gasteiger partial charge in [-0.05, 0) is 30.7 Å². The van der Waals surface area contributed by atoms with Crippen LogP contribution in [0.1, 0.15) is 59.8 Å². The third-order valence-electron chi connectivity index (χ3n) is 4.07. The molecule has 0 heterocycles. The van der Waals surface area contributed by atoms with Gasteiger partial charge in [-0.25, -0.2) is 0 Å².